The normalized spacial score (nSPS) is 14.9. The van der Waals surface area contributed by atoms with Crippen molar-refractivity contribution in [1.29, 1.82) is 0 Å². The predicted molar refractivity (Wildman–Crippen MR) is 71.7 cm³/mol. The van der Waals surface area contributed by atoms with Crippen molar-refractivity contribution in [3.63, 3.8) is 0 Å². The van der Waals surface area contributed by atoms with Crippen LogP contribution in [0.4, 0.5) is 11.6 Å². The second-order valence-corrected chi connectivity index (χ2v) is 4.86. The number of carbonyl (C=O) groups excluding carboxylic acids is 1. The van der Waals surface area contributed by atoms with E-state index in [1.807, 2.05) is 6.07 Å². The van der Waals surface area contributed by atoms with Gasteiger partial charge in [-0.15, -0.1) is 0 Å². The highest BCUT2D eigenvalue weighted by Crippen LogP contribution is 2.29. The zero-order chi connectivity index (χ0) is 12.8. The van der Waals surface area contributed by atoms with Crippen molar-refractivity contribution >= 4 is 17.4 Å². The fourth-order valence-electron chi connectivity index (χ4n) is 1.95. The van der Waals surface area contributed by atoms with Gasteiger partial charge in [0.2, 0.25) is 0 Å². The van der Waals surface area contributed by atoms with E-state index >= 15 is 0 Å². The Hall–Kier alpha value is -1.65. The standard InChI is InChI=1S/C13H20N4O/c1-10(18)8-15-13-7-12(16-9-17-13)14-6-5-11-3-2-4-11/h7,9,11H,2-6,8H2,1H3,(H2,14,15,16,17). The summed E-state index contributed by atoms with van der Waals surface area (Å²) < 4.78 is 0. The summed E-state index contributed by atoms with van der Waals surface area (Å²) in [5.41, 5.74) is 0. The average molecular weight is 248 g/mol. The maximum absolute atomic E-state index is 10.9. The fourth-order valence-corrected chi connectivity index (χ4v) is 1.95. The van der Waals surface area contributed by atoms with Gasteiger partial charge in [0.25, 0.3) is 0 Å². The van der Waals surface area contributed by atoms with Crippen molar-refractivity contribution in [1.82, 2.24) is 9.97 Å². The molecule has 1 aliphatic carbocycles. The molecule has 1 saturated carbocycles. The maximum atomic E-state index is 10.9. The largest absolute Gasteiger partial charge is 0.370 e. The summed E-state index contributed by atoms with van der Waals surface area (Å²) in [6, 6.07) is 1.84. The fraction of sp³-hybridized carbons (Fsp3) is 0.615. The summed E-state index contributed by atoms with van der Waals surface area (Å²) in [6.07, 6.45) is 6.85. The van der Waals surface area contributed by atoms with Crippen LogP contribution in [0.15, 0.2) is 12.4 Å². The van der Waals surface area contributed by atoms with Crippen LogP contribution in [0.2, 0.25) is 0 Å². The van der Waals surface area contributed by atoms with Gasteiger partial charge in [-0.05, 0) is 19.3 Å². The number of nitrogens with zero attached hydrogens (tertiary/aromatic N) is 2. The summed E-state index contributed by atoms with van der Waals surface area (Å²) in [4.78, 5) is 19.1. The molecule has 2 rings (SSSR count). The number of rotatable bonds is 7. The van der Waals surface area contributed by atoms with E-state index in [1.54, 1.807) is 6.92 Å². The molecule has 1 aliphatic rings. The van der Waals surface area contributed by atoms with Crippen LogP contribution in [0.3, 0.4) is 0 Å². The van der Waals surface area contributed by atoms with Crippen LogP contribution in [0.5, 0.6) is 0 Å². The van der Waals surface area contributed by atoms with Gasteiger partial charge in [-0.3, -0.25) is 4.79 Å². The molecule has 18 heavy (non-hydrogen) atoms. The molecule has 0 aromatic carbocycles. The molecular formula is C13H20N4O. The molecule has 1 aromatic rings. The van der Waals surface area contributed by atoms with Crippen LogP contribution in [0.25, 0.3) is 0 Å². The minimum Gasteiger partial charge on any atom is -0.370 e. The van der Waals surface area contributed by atoms with Crippen molar-refractivity contribution in [3.05, 3.63) is 12.4 Å². The zero-order valence-electron chi connectivity index (χ0n) is 10.8. The summed E-state index contributed by atoms with van der Waals surface area (Å²) in [7, 11) is 0. The highest BCUT2D eigenvalue weighted by Gasteiger charge is 2.16. The molecule has 0 spiro atoms. The number of Topliss-reactive ketones (excluding diaryl/α,β-unsaturated/α-hetero) is 1. The van der Waals surface area contributed by atoms with E-state index in [1.165, 1.54) is 32.0 Å². The Labute approximate surface area is 107 Å². The van der Waals surface area contributed by atoms with Crippen molar-refractivity contribution in [2.75, 3.05) is 23.7 Å². The molecule has 0 aliphatic heterocycles. The van der Waals surface area contributed by atoms with E-state index in [9.17, 15) is 4.79 Å². The quantitative estimate of drug-likeness (QED) is 0.773. The number of ketones is 1. The molecule has 1 aromatic heterocycles. The van der Waals surface area contributed by atoms with E-state index in [4.69, 9.17) is 0 Å². The van der Waals surface area contributed by atoms with Crippen molar-refractivity contribution in [2.45, 2.75) is 32.6 Å². The van der Waals surface area contributed by atoms with E-state index in [-0.39, 0.29) is 5.78 Å². The Morgan fingerprint density at radius 3 is 2.67 bits per heavy atom. The lowest BCUT2D eigenvalue weighted by Gasteiger charge is -2.25. The predicted octanol–water partition coefficient (Wildman–Crippen LogP) is 2.08. The van der Waals surface area contributed by atoms with Crippen LogP contribution in [-0.4, -0.2) is 28.8 Å². The number of carbonyl (C=O) groups is 1. The first-order chi connectivity index (χ1) is 8.74. The third-order valence-corrected chi connectivity index (χ3v) is 3.27. The molecule has 2 N–H and O–H groups in total. The lowest BCUT2D eigenvalue weighted by Crippen LogP contribution is -2.16. The number of nitrogens with one attached hydrogen (secondary N) is 2. The first-order valence-electron chi connectivity index (χ1n) is 6.53. The lowest BCUT2D eigenvalue weighted by atomic mass is 9.83. The molecule has 0 saturated heterocycles. The van der Waals surface area contributed by atoms with Crippen LogP contribution in [0, 0.1) is 5.92 Å². The van der Waals surface area contributed by atoms with Crippen LogP contribution in [-0.2, 0) is 4.79 Å². The molecule has 0 atom stereocenters. The first kappa shape index (κ1) is 12.8. The molecule has 5 heteroatoms. The highest BCUT2D eigenvalue weighted by atomic mass is 16.1. The molecule has 1 fully saturated rings. The van der Waals surface area contributed by atoms with Crippen LogP contribution in [0.1, 0.15) is 32.6 Å². The smallest absolute Gasteiger partial charge is 0.148 e. The van der Waals surface area contributed by atoms with Gasteiger partial charge < -0.3 is 10.6 Å². The molecule has 98 valence electrons. The Morgan fingerprint density at radius 1 is 1.33 bits per heavy atom. The third-order valence-electron chi connectivity index (χ3n) is 3.27. The number of hydrogen-bond acceptors (Lipinski definition) is 5. The zero-order valence-corrected chi connectivity index (χ0v) is 10.8. The molecule has 5 nitrogen and oxygen atoms in total. The summed E-state index contributed by atoms with van der Waals surface area (Å²) >= 11 is 0. The molecule has 0 radical (unpaired) electrons. The van der Waals surface area contributed by atoms with Gasteiger partial charge >= 0.3 is 0 Å². The summed E-state index contributed by atoms with van der Waals surface area (Å²) in [5.74, 6) is 2.49. The third kappa shape index (κ3) is 3.98. The summed E-state index contributed by atoms with van der Waals surface area (Å²) in [5, 5.41) is 6.26. The van der Waals surface area contributed by atoms with E-state index in [0.717, 1.165) is 18.3 Å². The molecule has 0 amide bonds. The number of anilines is 2. The SMILES string of the molecule is CC(=O)CNc1cc(NCCC2CCC2)ncn1. The minimum absolute atomic E-state index is 0.0908. The van der Waals surface area contributed by atoms with Gasteiger partial charge in [-0.1, -0.05) is 19.3 Å². The van der Waals surface area contributed by atoms with Gasteiger partial charge in [-0.2, -0.15) is 0 Å². The Kier molecular flexibility index (Phi) is 4.50. The average Bonchev–Trinajstić information content (AvgIpc) is 2.30. The van der Waals surface area contributed by atoms with Crippen LogP contribution >= 0.6 is 0 Å². The van der Waals surface area contributed by atoms with Gasteiger partial charge in [0, 0.05) is 12.6 Å². The van der Waals surface area contributed by atoms with Gasteiger partial charge in [0.05, 0.1) is 6.54 Å². The van der Waals surface area contributed by atoms with E-state index in [2.05, 4.69) is 20.6 Å². The second kappa shape index (κ2) is 6.33. The molecule has 1 heterocycles. The van der Waals surface area contributed by atoms with Crippen molar-refractivity contribution in [3.8, 4) is 0 Å². The molecule has 0 unspecified atom stereocenters. The second-order valence-electron chi connectivity index (χ2n) is 4.86. The topological polar surface area (TPSA) is 66.9 Å². The Balaban J connectivity index is 1.76. The van der Waals surface area contributed by atoms with Crippen LogP contribution < -0.4 is 10.6 Å². The maximum Gasteiger partial charge on any atom is 0.148 e. The summed E-state index contributed by atoms with van der Waals surface area (Å²) in [6.45, 7) is 2.80. The number of hydrogen-bond donors (Lipinski definition) is 2. The van der Waals surface area contributed by atoms with Crippen molar-refractivity contribution in [2.24, 2.45) is 5.92 Å². The van der Waals surface area contributed by atoms with Gasteiger partial charge in [-0.25, -0.2) is 9.97 Å². The van der Waals surface area contributed by atoms with E-state index < -0.39 is 0 Å². The minimum atomic E-state index is 0.0908. The van der Waals surface area contributed by atoms with Gasteiger partial charge in [0.1, 0.15) is 23.7 Å². The Bertz CT molecular complexity index is 404. The Morgan fingerprint density at radius 2 is 2.06 bits per heavy atom. The molecular weight excluding hydrogens is 228 g/mol. The van der Waals surface area contributed by atoms with Crippen molar-refractivity contribution < 1.29 is 4.79 Å². The first-order valence-corrected chi connectivity index (χ1v) is 6.53. The van der Waals surface area contributed by atoms with E-state index in [0.29, 0.717) is 12.4 Å². The highest BCUT2D eigenvalue weighted by molar-refractivity contribution is 5.80. The molecule has 0 bridgehead atoms. The lowest BCUT2D eigenvalue weighted by molar-refractivity contribution is -0.115. The van der Waals surface area contributed by atoms with Gasteiger partial charge in [0.15, 0.2) is 0 Å². The number of aromatic nitrogens is 2. The monoisotopic (exact) mass is 248 g/mol.